The normalized spacial score (nSPS) is 12.0. The second kappa shape index (κ2) is 7.45. The van der Waals surface area contributed by atoms with Gasteiger partial charge < -0.3 is 5.32 Å². The van der Waals surface area contributed by atoms with E-state index in [2.05, 4.69) is 15.5 Å². The van der Waals surface area contributed by atoms with E-state index >= 15 is 0 Å². The SMILES string of the molecule is CC(C)N(C)S(=O)(=O)c1cccc(C(=O)NCc2nnc3ccccn23)c1. The van der Waals surface area contributed by atoms with Crippen LogP contribution in [0.4, 0.5) is 0 Å². The third kappa shape index (κ3) is 3.83. The Kier molecular flexibility index (Phi) is 5.24. The van der Waals surface area contributed by atoms with Crippen LogP contribution >= 0.6 is 0 Å². The van der Waals surface area contributed by atoms with Gasteiger partial charge in [-0.2, -0.15) is 4.31 Å². The Morgan fingerprint density at radius 1 is 1.19 bits per heavy atom. The lowest BCUT2D eigenvalue weighted by Gasteiger charge is -2.21. The number of hydrogen-bond acceptors (Lipinski definition) is 5. The van der Waals surface area contributed by atoms with Crippen LogP contribution in [0.5, 0.6) is 0 Å². The highest BCUT2D eigenvalue weighted by Crippen LogP contribution is 2.18. The summed E-state index contributed by atoms with van der Waals surface area (Å²) in [5.74, 6) is 0.203. The summed E-state index contributed by atoms with van der Waals surface area (Å²) < 4.78 is 28.3. The van der Waals surface area contributed by atoms with Crippen LogP contribution in [0.2, 0.25) is 0 Å². The highest BCUT2D eigenvalue weighted by molar-refractivity contribution is 7.89. The van der Waals surface area contributed by atoms with Gasteiger partial charge in [0.25, 0.3) is 5.91 Å². The summed E-state index contributed by atoms with van der Waals surface area (Å²) in [5.41, 5.74) is 0.952. The van der Waals surface area contributed by atoms with Crippen molar-refractivity contribution in [2.75, 3.05) is 7.05 Å². The number of sulfonamides is 1. The average molecular weight is 387 g/mol. The lowest BCUT2D eigenvalue weighted by atomic mass is 10.2. The first kappa shape index (κ1) is 19.0. The van der Waals surface area contributed by atoms with E-state index in [-0.39, 0.29) is 29.0 Å². The van der Waals surface area contributed by atoms with Crippen molar-refractivity contribution in [3.8, 4) is 0 Å². The zero-order chi connectivity index (χ0) is 19.6. The van der Waals surface area contributed by atoms with Gasteiger partial charge >= 0.3 is 0 Å². The predicted octanol–water partition coefficient (Wildman–Crippen LogP) is 1.69. The molecule has 0 fully saturated rings. The smallest absolute Gasteiger partial charge is 0.251 e. The van der Waals surface area contributed by atoms with Crippen LogP contribution in [0.15, 0.2) is 53.6 Å². The van der Waals surface area contributed by atoms with Crippen LogP contribution in [-0.2, 0) is 16.6 Å². The Morgan fingerprint density at radius 2 is 1.96 bits per heavy atom. The molecular weight excluding hydrogens is 366 g/mol. The number of hydrogen-bond donors (Lipinski definition) is 1. The minimum absolute atomic E-state index is 0.0827. The van der Waals surface area contributed by atoms with Crippen LogP contribution in [0.25, 0.3) is 5.65 Å². The van der Waals surface area contributed by atoms with E-state index in [0.29, 0.717) is 11.5 Å². The zero-order valence-corrected chi connectivity index (χ0v) is 16.1. The fourth-order valence-corrected chi connectivity index (χ4v) is 3.93. The standard InChI is InChI=1S/C18H21N5O3S/c1-13(2)22(3)27(25,26)15-8-6-7-14(11-15)18(24)19-12-17-21-20-16-9-4-5-10-23(16)17/h4-11,13H,12H2,1-3H3,(H,19,24). The maximum atomic E-state index is 12.6. The molecule has 2 heterocycles. The van der Waals surface area contributed by atoms with Crippen molar-refractivity contribution < 1.29 is 13.2 Å². The third-order valence-electron chi connectivity index (χ3n) is 4.29. The quantitative estimate of drug-likeness (QED) is 0.694. The first-order valence-electron chi connectivity index (χ1n) is 8.45. The lowest BCUT2D eigenvalue weighted by molar-refractivity contribution is 0.0949. The van der Waals surface area contributed by atoms with Crippen molar-refractivity contribution in [2.45, 2.75) is 31.3 Å². The molecule has 142 valence electrons. The Morgan fingerprint density at radius 3 is 2.70 bits per heavy atom. The van der Waals surface area contributed by atoms with E-state index in [1.165, 1.54) is 23.5 Å². The number of rotatable bonds is 6. The minimum Gasteiger partial charge on any atom is -0.345 e. The van der Waals surface area contributed by atoms with E-state index < -0.39 is 10.0 Å². The van der Waals surface area contributed by atoms with Crippen LogP contribution in [0.3, 0.4) is 0 Å². The van der Waals surface area contributed by atoms with Crippen LogP contribution < -0.4 is 5.32 Å². The maximum absolute atomic E-state index is 12.6. The van der Waals surface area contributed by atoms with Crippen molar-refractivity contribution in [3.63, 3.8) is 0 Å². The first-order chi connectivity index (χ1) is 12.8. The molecule has 1 amide bonds. The van der Waals surface area contributed by atoms with E-state index in [0.717, 1.165) is 0 Å². The van der Waals surface area contributed by atoms with E-state index in [1.54, 1.807) is 30.4 Å². The number of nitrogens with zero attached hydrogens (tertiary/aromatic N) is 4. The van der Waals surface area contributed by atoms with E-state index in [4.69, 9.17) is 0 Å². The number of amides is 1. The van der Waals surface area contributed by atoms with Crippen molar-refractivity contribution in [1.29, 1.82) is 0 Å². The topological polar surface area (TPSA) is 96.7 Å². The number of benzene rings is 1. The molecule has 2 aromatic heterocycles. The third-order valence-corrected chi connectivity index (χ3v) is 6.32. The number of carbonyl (C=O) groups excluding carboxylic acids is 1. The van der Waals surface area contributed by atoms with Crippen molar-refractivity contribution in [2.24, 2.45) is 0 Å². The van der Waals surface area contributed by atoms with Crippen molar-refractivity contribution >= 4 is 21.6 Å². The fraction of sp³-hybridized carbons (Fsp3) is 0.278. The van der Waals surface area contributed by atoms with Crippen LogP contribution in [0, 0.1) is 0 Å². The molecule has 1 N–H and O–H groups in total. The number of nitrogens with one attached hydrogen (secondary N) is 1. The second-order valence-electron chi connectivity index (χ2n) is 6.37. The second-order valence-corrected chi connectivity index (χ2v) is 8.37. The molecule has 3 rings (SSSR count). The molecule has 0 aliphatic heterocycles. The van der Waals surface area contributed by atoms with Gasteiger partial charge in [0, 0.05) is 24.8 Å². The van der Waals surface area contributed by atoms with E-state index in [9.17, 15) is 13.2 Å². The summed E-state index contributed by atoms with van der Waals surface area (Å²) in [6.07, 6.45) is 1.81. The van der Waals surface area contributed by atoms with Gasteiger partial charge in [0.05, 0.1) is 11.4 Å². The van der Waals surface area contributed by atoms with Crippen molar-refractivity contribution in [3.05, 3.63) is 60.0 Å². The van der Waals surface area contributed by atoms with Gasteiger partial charge in [-0.05, 0) is 44.2 Å². The van der Waals surface area contributed by atoms with Crippen molar-refractivity contribution in [1.82, 2.24) is 24.2 Å². The Bertz CT molecular complexity index is 1080. The number of carbonyl (C=O) groups is 1. The maximum Gasteiger partial charge on any atom is 0.251 e. The highest BCUT2D eigenvalue weighted by Gasteiger charge is 2.24. The van der Waals surface area contributed by atoms with Gasteiger partial charge in [-0.1, -0.05) is 12.1 Å². The molecule has 0 saturated carbocycles. The summed E-state index contributed by atoms with van der Waals surface area (Å²) >= 11 is 0. The fourth-order valence-electron chi connectivity index (χ4n) is 2.51. The highest BCUT2D eigenvalue weighted by atomic mass is 32.2. The molecule has 0 saturated heterocycles. The molecule has 0 atom stereocenters. The van der Waals surface area contributed by atoms with Gasteiger partial charge in [-0.15, -0.1) is 10.2 Å². The Hall–Kier alpha value is -2.78. The molecular formula is C18H21N5O3S. The average Bonchev–Trinajstić information content (AvgIpc) is 3.08. The molecule has 27 heavy (non-hydrogen) atoms. The Labute approximate surface area is 157 Å². The number of aromatic nitrogens is 3. The largest absolute Gasteiger partial charge is 0.345 e. The zero-order valence-electron chi connectivity index (χ0n) is 15.3. The summed E-state index contributed by atoms with van der Waals surface area (Å²) in [4.78, 5) is 12.6. The van der Waals surface area contributed by atoms with Crippen LogP contribution in [0.1, 0.15) is 30.0 Å². The molecule has 9 heteroatoms. The van der Waals surface area contributed by atoms with Gasteiger partial charge in [0.2, 0.25) is 10.0 Å². The molecule has 0 radical (unpaired) electrons. The van der Waals surface area contributed by atoms with Gasteiger partial charge in [-0.25, -0.2) is 8.42 Å². The molecule has 0 aliphatic rings. The molecule has 1 aromatic carbocycles. The lowest BCUT2D eigenvalue weighted by Crippen LogP contribution is -2.33. The molecule has 0 bridgehead atoms. The summed E-state index contributed by atoms with van der Waals surface area (Å²) in [5, 5.41) is 10.8. The minimum atomic E-state index is -3.65. The van der Waals surface area contributed by atoms with Gasteiger partial charge in [0.1, 0.15) is 0 Å². The molecule has 3 aromatic rings. The summed E-state index contributed by atoms with van der Waals surface area (Å²) in [6, 6.07) is 11.3. The van der Waals surface area contributed by atoms with Crippen LogP contribution in [-0.4, -0.2) is 46.3 Å². The molecule has 0 spiro atoms. The summed E-state index contributed by atoms with van der Waals surface area (Å²) in [6.45, 7) is 3.75. The molecule has 0 aliphatic carbocycles. The monoisotopic (exact) mass is 387 g/mol. The number of fused-ring (bicyclic) bond motifs is 1. The Balaban J connectivity index is 1.78. The molecule has 8 nitrogen and oxygen atoms in total. The predicted molar refractivity (Wildman–Crippen MR) is 101 cm³/mol. The first-order valence-corrected chi connectivity index (χ1v) is 9.89. The van der Waals surface area contributed by atoms with E-state index in [1.807, 2.05) is 24.4 Å². The van der Waals surface area contributed by atoms with Gasteiger partial charge in [0.15, 0.2) is 11.5 Å². The molecule has 0 unspecified atom stereocenters. The van der Waals surface area contributed by atoms with Gasteiger partial charge in [-0.3, -0.25) is 9.20 Å². The summed E-state index contributed by atoms with van der Waals surface area (Å²) in [7, 11) is -2.14. The number of pyridine rings is 1.